The van der Waals surface area contributed by atoms with E-state index in [1.165, 1.54) is 12.4 Å². The molecule has 0 amide bonds. The second-order valence-corrected chi connectivity index (χ2v) is 3.30. The number of nitrogens with zero attached hydrogens (tertiary/aromatic N) is 2. The number of aromatic nitrogens is 2. The van der Waals surface area contributed by atoms with Crippen LogP contribution in [-0.2, 0) is 0 Å². The molecule has 0 bridgehead atoms. The van der Waals surface area contributed by atoms with E-state index in [-0.39, 0.29) is 11.4 Å². The minimum atomic E-state index is -0.416. The van der Waals surface area contributed by atoms with Crippen LogP contribution in [0.2, 0.25) is 0 Å². The summed E-state index contributed by atoms with van der Waals surface area (Å²) in [6, 6.07) is 9.92. The van der Waals surface area contributed by atoms with Gasteiger partial charge in [-0.3, -0.25) is 14.8 Å². The normalized spacial score (nSPS) is 11.2. The number of rotatable bonds is 3. The molecule has 2 rings (SSSR count). The quantitative estimate of drug-likeness (QED) is 0.445. The Morgan fingerprint density at radius 1 is 1.00 bits per heavy atom. The molecular weight excluding hydrogens is 216 g/mol. The van der Waals surface area contributed by atoms with Crippen LogP contribution in [0.4, 0.5) is 0 Å². The minimum absolute atomic E-state index is 0.247. The van der Waals surface area contributed by atoms with Gasteiger partial charge >= 0.3 is 0 Å². The highest BCUT2D eigenvalue weighted by atomic mass is 16.3. The van der Waals surface area contributed by atoms with Crippen molar-refractivity contribution in [2.75, 3.05) is 0 Å². The molecule has 2 aromatic rings. The van der Waals surface area contributed by atoms with Crippen molar-refractivity contribution in [3.63, 3.8) is 0 Å². The van der Waals surface area contributed by atoms with Gasteiger partial charge in [-0.1, -0.05) is 17.9 Å². The lowest BCUT2D eigenvalue weighted by Crippen LogP contribution is -2.08. The first kappa shape index (κ1) is 11.0. The van der Waals surface area contributed by atoms with Gasteiger partial charge < -0.3 is 5.11 Å². The van der Waals surface area contributed by atoms with Crippen LogP contribution in [0.15, 0.2) is 54.9 Å². The molecule has 0 saturated carbocycles. The summed E-state index contributed by atoms with van der Waals surface area (Å²) in [7, 11) is 0. The number of pyridine rings is 2. The fourth-order valence-corrected chi connectivity index (χ4v) is 1.28. The Hall–Kier alpha value is -2.49. The maximum absolute atomic E-state index is 11.7. The van der Waals surface area contributed by atoms with Gasteiger partial charge in [-0.25, -0.2) is 0 Å². The van der Waals surface area contributed by atoms with Gasteiger partial charge in [0.1, 0.15) is 5.69 Å². The van der Waals surface area contributed by atoms with Gasteiger partial charge in [-0.15, -0.1) is 0 Å². The Labute approximate surface area is 98.3 Å². The van der Waals surface area contributed by atoms with E-state index >= 15 is 0 Å². The van der Waals surface area contributed by atoms with Gasteiger partial charge in [0.25, 0.3) is 0 Å². The van der Waals surface area contributed by atoms with E-state index in [9.17, 15) is 9.90 Å². The van der Waals surface area contributed by atoms with Crippen LogP contribution in [-0.4, -0.2) is 15.8 Å². The monoisotopic (exact) mass is 225 g/mol. The summed E-state index contributed by atoms with van der Waals surface area (Å²) >= 11 is 0. The molecular formula is C13H9N2O2-. The average Bonchev–Trinajstić information content (AvgIpc) is 2.40. The van der Waals surface area contributed by atoms with Crippen molar-refractivity contribution in [1.82, 2.24) is 9.97 Å². The third-order valence-electron chi connectivity index (χ3n) is 2.10. The Morgan fingerprint density at radius 3 is 2.12 bits per heavy atom. The van der Waals surface area contributed by atoms with E-state index < -0.39 is 11.5 Å². The third kappa shape index (κ3) is 2.75. The zero-order valence-corrected chi connectivity index (χ0v) is 8.91. The SMILES string of the molecule is O=C(C=C([O-])c1ccccn1)c1ccccn1. The molecule has 0 radical (unpaired) electrons. The molecule has 84 valence electrons. The predicted molar refractivity (Wildman–Crippen MR) is 60.8 cm³/mol. The minimum Gasteiger partial charge on any atom is -0.871 e. The first-order chi connectivity index (χ1) is 8.27. The number of carbonyl (C=O) groups is 1. The molecule has 2 aromatic heterocycles. The molecule has 0 fully saturated rings. The lowest BCUT2D eigenvalue weighted by Gasteiger charge is -2.09. The highest BCUT2D eigenvalue weighted by molar-refractivity contribution is 6.06. The molecule has 0 atom stereocenters. The molecule has 0 aliphatic heterocycles. The summed E-state index contributed by atoms with van der Waals surface area (Å²) in [5.41, 5.74) is 0.494. The molecule has 0 spiro atoms. The van der Waals surface area contributed by atoms with Gasteiger partial charge in [0, 0.05) is 12.4 Å². The second-order valence-electron chi connectivity index (χ2n) is 3.30. The van der Waals surface area contributed by atoms with Gasteiger partial charge in [0.05, 0.1) is 5.69 Å². The zero-order chi connectivity index (χ0) is 12.1. The number of hydrogen-bond donors (Lipinski definition) is 0. The topological polar surface area (TPSA) is 65.9 Å². The molecule has 0 aliphatic rings. The largest absolute Gasteiger partial charge is 0.871 e. The highest BCUT2D eigenvalue weighted by Gasteiger charge is 2.02. The summed E-state index contributed by atoms with van der Waals surface area (Å²) < 4.78 is 0. The van der Waals surface area contributed by atoms with Crippen molar-refractivity contribution < 1.29 is 9.90 Å². The molecule has 0 saturated heterocycles. The Morgan fingerprint density at radius 2 is 1.59 bits per heavy atom. The van der Waals surface area contributed by atoms with Crippen LogP contribution in [0, 0.1) is 0 Å². The van der Waals surface area contributed by atoms with Crippen LogP contribution < -0.4 is 5.11 Å². The smallest absolute Gasteiger partial charge is 0.203 e. The predicted octanol–water partition coefficient (Wildman–Crippen LogP) is 1.06. The summed E-state index contributed by atoms with van der Waals surface area (Å²) in [6.07, 6.45) is 4.02. The fraction of sp³-hybridized carbons (Fsp3) is 0. The summed E-state index contributed by atoms with van der Waals surface area (Å²) in [4.78, 5) is 19.4. The highest BCUT2D eigenvalue weighted by Crippen LogP contribution is 2.06. The van der Waals surface area contributed by atoms with E-state index in [4.69, 9.17) is 0 Å². The van der Waals surface area contributed by atoms with E-state index in [1.807, 2.05) is 0 Å². The van der Waals surface area contributed by atoms with E-state index in [0.717, 1.165) is 6.08 Å². The summed E-state index contributed by atoms with van der Waals surface area (Å²) in [5, 5.41) is 11.7. The summed E-state index contributed by atoms with van der Waals surface area (Å²) in [6.45, 7) is 0. The number of allylic oxidation sites excluding steroid dienone is 1. The molecule has 17 heavy (non-hydrogen) atoms. The van der Waals surface area contributed by atoms with Gasteiger partial charge in [0.15, 0.2) is 0 Å². The Kier molecular flexibility index (Phi) is 3.25. The molecule has 0 aliphatic carbocycles. The molecule has 0 N–H and O–H groups in total. The molecule has 4 nitrogen and oxygen atoms in total. The van der Waals surface area contributed by atoms with Crippen LogP contribution in [0.5, 0.6) is 0 Å². The Bertz CT molecular complexity index is 536. The van der Waals surface area contributed by atoms with Crippen LogP contribution in [0.3, 0.4) is 0 Å². The lowest BCUT2D eigenvalue weighted by molar-refractivity contribution is -0.244. The van der Waals surface area contributed by atoms with Crippen molar-refractivity contribution in [3.05, 3.63) is 66.3 Å². The van der Waals surface area contributed by atoms with E-state index in [0.29, 0.717) is 0 Å². The number of carbonyl (C=O) groups excluding carboxylic acids is 1. The number of hydrogen-bond acceptors (Lipinski definition) is 4. The Balaban J connectivity index is 2.24. The fourth-order valence-electron chi connectivity index (χ4n) is 1.28. The van der Waals surface area contributed by atoms with Crippen molar-refractivity contribution >= 4 is 11.5 Å². The lowest BCUT2D eigenvalue weighted by atomic mass is 10.2. The molecule has 0 aromatic carbocycles. The van der Waals surface area contributed by atoms with Gasteiger partial charge in [-0.2, -0.15) is 0 Å². The van der Waals surface area contributed by atoms with Gasteiger partial charge in [-0.05, 0) is 30.3 Å². The van der Waals surface area contributed by atoms with Crippen LogP contribution >= 0.6 is 0 Å². The maximum Gasteiger partial charge on any atom is 0.203 e. The van der Waals surface area contributed by atoms with Crippen LogP contribution in [0.25, 0.3) is 5.76 Å². The molecule has 2 heterocycles. The molecule has 0 unspecified atom stereocenters. The van der Waals surface area contributed by atoms with Crippen molar-refractivity contribution in [3.8, 4) is 0 Å². The van der Waals surface area contributed by atoms with Crippen molar-refractivity contribution in [2.45, 2.75) is 0 Å². The standard InChI is InChI=1S/C13H10N2O2/c16-12(10-5-1-3-7-14-10)9-13(17)11-6-2-4-8-15-11/h1-9,16H/p-1. The summed E-state index contributed by atoms with van der Waals surface area (Å²) in [5.74, 6) is -0.831. The van der Waals surface area contributed by atoms with E-state index in [2.05, 4.69) is 9.97 Å². The average molecular weight is 225 g/mol. The van der Waals surface area contributed by atoms with Crippen LogP contribution in [0.1, 0.15) is 16.2 Å². The second kappa shape index (κ2) is 5.03. The first-order valence-electron chi connectivity index (χ1n) is 5.03. The van der Waals surface area contributed by atoms with Gasteiger partial charge in [0.2, 0.25) is 5.78 Å². The van der Waals surface area contributed by atoms with E-state index in [1.54, 1.807) is 36.4 Å². The zero-order valence-electron chi connectivity index (χ0n) is 8.91. The maximum atomic E-state index is 11.7. The van der Waals surface area contributed by atoms with Crippen molar-refractivity contribution in [1.29, 1.82) is 0 Å². The number of ketones is 1. The first-order valence-corrected chi connectivity index (χ1v) is 5.03. The van der Waals surface area contributed by atoms with Crippen molar-refractivity contribution in [2.24, 2.45) is 0 Å². The molecule has 4 heteroatoms. The third-order valence-corrected chi connectivity index (χ3v) is 2.10.